The van der Waals surface area contributed by atoms with E-state index in [0.29, 0.717) is 10.8 Å². The van der Waals surface area contributed by atoms with E-state index in [1.807, 2.05) is 0 Å². The highest BCUT2D eigenvalue weighted by molar-refractivity contribution is 6.33. The molecule has 4 nitrogen and oxygen atoms in total. The summed E-state index contributed by atoms with van der Waals surface area (Å²) in [6, 6.07) is 1.45. The zero-order chi connectivity index (χ0) is 15.2. The van der Waals surface area contributed by atoms with Gasteiger partial charge in [-0.25, -0.2) is 4.98 Å². The van der Waals surface area contributed by atoms with Gasteiger partial charge < -0.3 is 10.6 Å². The smallest absolute Gasteiger partial charge is 0.372 e. The summed E-state index contributed by atoms with van der Waals surface area (Å²) >= 11 is 5.88. The lowest BCUT2D eigenvalue weighted by Gasteiger charge is -2.08. The summed E-state index contributed by atoms with van der Waals surface area (Å²) < 4.78 is 35.7. The van der Waals surface area contributed by atoms with Crippen LogP contribution in [0.25, 0.3) is 0 Å². The molecule has 0 atom stereocenters. The molecule has 0 aliphatic rings. The maximum absolute atomic E-state index is 11.9. The Morgan fingerprint density at radius 2 is 2.10 bits per heavy atom. The number of carbonyl (C=O) groups excluding carboxylic acids is 1. The summed E-state index contributed by atoms with van der Waals surface area (Å²) in [4.78, 5) is 15.6. The number of alkyl halides is 3. The van der Waals surface area contributed by atoms with Crippen LogP contribution in [0.15, 0.2) is 12.3 Å². The standard InChI is InChI=1S/C12H15ClF3N3O/c1-17-10-9(13)6-8(7-19-10)11(20)18-5-3-2-4-12(14,15)16/h6-7H,2-5H2,1H3,(H,17,19)(H,18,20). The molecule has 1 aromatic heterocycles. The fourth-order valence-electron chi connectivity index (χ4n) is 1.50. The molecule has 2 N–H and O–H groups in total. The second-order valence-corrected chi connectivity index (χ2v) is 4.54. The molecule has 1 heterocycles. The van der Waals surface area contributed by atoms with E-state index in [2.05, 4.69) is 15.6 Å². The van der Waals surface area contributed by atoms with Gasteiger partial charge in [-0.2, -0.15) is 13.2 Å². The Morgan fingerprint density at radius 1 is 1.40 bits per heavy atom. The van der Waals surface area contributed by atoms with Crippen molar-refractivity contribution in [2.75, 3.05) is 18.9 Å². The van der Waals surface area contributed by atoms with Crippen LogP contribution in [-0.2, 0) is 0 Å². The van der Waals surface area contributed by atoms with Crippen LogP contribution in [-0.4, -0.2) is 30.7 Å². The largest absolute Gasteiger partial charge is 0.389 e. The third-order valence-corrected chi connectivity index (χ3v) is 2.80. The van der Waals surface area contributed by atoms with Crippen molar-refractivity contribution in [3.8, 4) is 0 Å². The lowest BCUT2D eigenvalue weighted by molar-refractivity contribution is -0.135. The Balaban J connectivity index is 2.38. The number of anilines is 1. The first-order valence-electron chi connectivity index (χ1n) is 6.01. The lowest BCUT2D eigenvalue weighted by Crippen LogP contribution is -2.25. The second kappa shape index (κ2) is 7.33. The molecule has 112 valence electrons. The fourth-order valence-corrected chi connectivity index (χ4v) is 1.76. The number of aromatic nitrogens is 1. The molecular weight excluding hydrogens is 295 g/mol. The first-order chi connectivity index (χ1) is 9.33. The molecule has 0 bridgehead atoms. The Bertz CT molecular complexity index is 466. The zero-order valence-corrected chi connectivity index (χ0v) is 11.6. The molecule has 8 heteroatoms. The van der Waals surface area contributed by atoms with Crippen molar-refractivity contribution in [1.82, 2.24) is 10.3 Å². The molecule has 1 amide bonds. The van der Waals surface area contributed by atoms with Crippen LogP contribution in [0.3, 0.4) is 0 Å². The van der Waals surface area contributed by atoms with Gasteiger partial charge in [-0.05, 0) is 18.9 Å². The van der Waals surface area contributed by atoms with Gasteiger partial charge in [-0.3, -0.25) is 4.79 Å². The molecule has 1 aromatic rings. The Morgan fingerprint density at radius 3 is 2.65 bits per heavy atom. The number of carbonyl (C=O) groups is 1. The van der Waals surface area contributed by atoms with Crippen LogP contribution in [0.5, 0.6) is 0 Å². The van der Waals surface area contributed by atoms with Gasteiger partial charge >= 0.3 is 6.18 Å². The molecule has 1 rings (SSSR count). The molecule has 0 aromatic carbocycles. The molecular formula is C12H15ClF3N3O. The maximum Gasteiger partial charge on any atom is 0.389 e. The number of halogens is 4. The van der Waals surface area contributed by atoms with E-state index in [-0.39, 0.29) is 24.9 Å². The highest BCUT2D eigenvalue weighted by Gasteiger charge is 2.25. The third-order valence-electron chi connectivity index (χ3n) is 2.51. The minimum Gasteiger partial charge on any atom is -0.372 e. The van der Waals surface area contributed by atoms with Gasteiger partial charge in [0.15, 0.2) is 0 Å². The molecule has 0 unspecified atom stereocenters. The van der Waals surface area contributed by atoms with Crippen molar-refractivity contribution < 1.29 is 18.0 Å². The summed E-state index contributed by atoms with van der Waals surface area (Å²) in [5, 5.41) is 5.58. The minimum atomic E-state index is -4.15. The first-order valence-corrected chi connectivity index (χ1v) is 6.39. The Kier molecular flexibility index (Phi) is 6.06. The number of unbranched alkanes of at least 4 members (excludes halogenated alkanes) is 1. The SMILES string of the molecule is CNc1ncc(C(=O)NCCCCC(F)(F)F)cc1Cl. The van der Waals surface area contributed by atoms with Gasteiger partial charge in [0.2, 0.25) is 0 Å². The van der Waals surface area contributed by atoms with Crippen LogP contribution in [0, 0.1) is 0 Å². The topological polar surface area (TPSA) is 54.0 Å². The summed E-state index contributed by atoms with van der Waals surface area (Å²) in [5.74, 6) is 0.0439. The third kappa shape index (κ3) is 5.64. The van der Waals surface area contributed by atoms with E-state index < -0.39 is 18.5 Å². The van der Waals surface area contributed by atoms with E-state index in [1.54, 1.807) is 7.05 Å². The van der Waals surface area contributed by atoms with Crippen LogP contribution in [0.4, 0.5) is 19.0 Å². The van der Waals surface area contributed by atoms with Gasteiger partial charge in [0.05, 0.1) is 10.6 Å². The lowest BCUT2D eigenvalue weighted by atomic mass is 10.2. The van der Waals surface area contributed by atoms with E-state index in [0.717, 1.165) is 0 Å². The van der Waals surface area contributed by atoms with Crippen molar-refractivity contribution in [2.24, 2.45) is 0 Å². The van der Waals surface area contributed by atoms with Crippen molar-refractivity contribution in [3.05, 3.63) is 22.8 Å². The van der Waals surface area contributed by atoms with Gasteiger partial charge in [-0.15, -0.1) is 0 Å². The molecule has 0 aliphatic heterocycles. The number of nitrogens with one attached hydrogen (secondary N) is 2. The number of pyridine rings is 1. The predicted molar refractivity (Wildman–Crippen MR) is 71.0 cm³/mol. The first kappa shape index (κ1) is 16.6. The predicted octanol–water partition coefficient (Wildman–Crippen LogP) is 3.24. The number of amides is 1. The maximum atomic E-state index is 11.9. The molecule has 0 fully saturated rings. The van der Waals surface area contributed by atoms with Crippen molar-refractivity contribution in [3.63, 3.8) is 0 Å². The molecule has 0 aliphatic carbocycles. The number of rotatable bonds is 6. The summed E-state index contributed by atoms with van der Waals surface area (Å²) in [6.45, 7) is 0.181. The summed E-state index contributed by atoms with van der Waals surface area (Å²) in [7, 11) is 1.65. The van der Waals surface area contributed by atoms with Crippen LogP contribution >= 0.6 is 11.6 Å². The number of hydrogen-bond acceptors (Lipinski definition) is 3. The molecule has 0 radical (unpaired) electrons. The average Bonchev–Trinajstić information content (AvgIpc) is 2.36. The van der Waals surface area contributed by atoms with Gasteiger partial charge in [0.25, 0.3) is 5.91 Å². The van der Waals surface area contributed by atoms with Gasteiger partial charge in [0.1, 0.15) is 5.82 Å². The van der Waals surface area contributed by atoms with Crippen molar-refractivity contribution >= 4 is 23.3 Å². The Hall–Kier alpha value is -1.50. The van der Waals surface area contributed by atoms with E-state index in [9.17, 15) is 18.0 Å². The highest BCUT2D eigenvalue weighted by Crippen LogP contribution is 2.22. The molecule has 20 heavy (non-hydrogen) atoms. The fraction of sp³-hybridized carbons (Fsp3) is 0.500. The van der Waals surface area contributed by atoms with E-state index in [4.69, 9.17) is 11.6 Å². The van der Waals surface area contributed by atoms with Gasteiger partial charge in [0, 0.05) is 26.2 Å². The number of nitrogens with zero attached hydrogens (tertiary/aromatic N) is 1. The molecule has 0 saturated carbocycles. The Labute approximate surface area is 119 Å². The molecule has 0 spiro atoms. The van der Waals surface area contributed by atoms with Crippen LogP contribution < -0.4 is 10.6 Å². The van der Waals surface area contributed by atoms with Crippen LogP contribution in [0.2, 0.25) is 5.02 Å². The van der Waals surface area contributed by atoms with Crippen LogP contribution in [0.1, 0.15) is 29.6 Å². The summed E-state index contributed by atoms with van der Waals surface area (Å²) in [6.07, 6.45) is -3.39. The zero-order valence-electron chi connectivity index (χ0n) is 10.9. The highest BCUT2D eigenvalue weighted by atomic mass is 35.5. The second-order valence-electron chi connectivity index (χ2n) is 4.13. The quantitative estimate of drug-likeness (QED) is 0.793. The normalized spacial score (nSPS) is 11.2. The minimum absolute atomic E-state index is 0.0124. The number of hydrogen-bond donors (Lipinski definition) is 2. The van der Waals surface area contributed by atoms with Gasteiger partial charge in [-0.1, -0.05) is 11.6 Å². The average molecular weight is 310 g/mol. The van der Waals surface area contributed by atoms with E-state index >= 15 is 0 Å². The summed E-state index contributed by atoms with van der Waals surface area (Å²) in [5.41, 5.74) is 0.268. The monoisotopic (exact) mass is 309 g/mol. The van der Waals surface area contributed by atoms with Crippen molar-refractivity contribution in [2.45, 2.75) is 25.4 Å². The van der Waals surface area contributed by atoms with E-state index in [1.165, 1.54) is 12.3 Å². The molecule has 0 saturated heterocycles. The van der Waals surface area contributed by atoms with Crippen molar-refractivity contribution in [1.29, 1.82) is 0 Å².